The lowest BCUT2D eigenvalue weighted by Crippen LogP contribution is -2.24. The first-order chi connectivity index (χ1) is 7.24. The van der Waals surface area contributed by atoms with Gasteiger partial charge in [-0.1, -0.05) is 55.4 Å². The molecule has 3 heteroatoms. The minimum absolute atomic E-state index is 0.735. The molecule has 0 saturated heterocycles. The Morgan fingerprint density at radius 1 is 1.40 bits per heavy atom. The molecule has 1 aromatic carbocycles. The Hall–Kier alpha value is -0.600. The van der Waals surface area contributed by atoms with E-state index in [-0.39, 0.29) is 0 Å². The van der Waals surface area contributed by atoms with E-state index in [1.807, 2.05) is 24.3 Å². The molecular weight excluding hydrogens is 226 g/mol. The molecule has 0 aliphatic rings. The Kier molecular flexibility index (Phi) is 5.66. The molecule has 15 heavy (non-hydrogen) atoms. The summed E-state index contributed by atoms with van der Waals surface area (Å²) >= 11 is 11.3. The van der Waals surface area contributed by atoms with Crippen LogP contribution in [0.2, 0.25) is 5.02 Å². The fraction of sp³-hybridized carbons (Fsp3) is 0.417. The zero-order chi connectivity index (χ0) is 11.1. The van der Waals surface area contributed by atoms with E-state index < -0.39 is 0 Å². The summed E-state index contributed by atoms with van der Waals surface area (Å²) in [6.45, 7) is 3.12. The average molecular weight is 242 g/mol. The molecule has 0 bridgehead atoms. The molecule has 0 atom stereocenters. The predicted octanol–water partition coefficient (Wildman–Crippen LogP) is 3.60. The third-order valence-electron chi connectivity index (χ3n) is 2.16. The maximum atomic E-state index is 6.04. The first-order valence-corrected chi connectivity index (χ1v) is 6.02. The van der Waals surface area contributed by atoms with Crippen LogP contribution < -0.4 is 5.32 Å². The fourth-order valence-electron chi connectivity index (χ4n) is 1.28. The van der Waals surface area contributed by atoms with Crippen molar-refractivity contribution in [3.63, 3.8) is 0 Å². The van der Waals surface area contributed by atoms with Crippen molar-refractivity contribution >= 4 is 28.8 Å². The van der Waals surface area contributed by atoms with Crippen LogP contribution in [0.4, 0.5) is 0 Å². The van der Waals surface area contributed by atoms with Crippen molar-refractivity contribution in [1.29, 1.82) is 0 Å². The first-order valence-electron chi connectivity index (χ1n) is 5.24. The summed E-state index contributed by atoms with van der Waals surface area (Å²) < 4.78 is 0. The van der Waals surface area contributed by atoms with E-state index >= 15 is 0 Å². The highest BCUT2D eigenvalue weighted by atomic mass is 35.5. The number of unbranched alkanes of at least 4 members (excludes halogenated alkanes) is 1. The Balaban J connectivity index is 2.41. The normalized spacial score (nSPS) is 10.0. The highest BCUT2D eigenvalue weighted by Gasteiger charge is 2.02. The molecule has 0 aliphatic carbocycles. The van der Waals surface area contributed by atoms with Gasteiger partial charge in [0.05, 0.1) is 4.99 Å². The summed E-state index contributed by atoms with van der Waals surface area (Å²) in [6, 6.07) is 7.82. The molecule has 0 unspecified atom stereocenters. The second-order valence-corrected chi connectivity index (χ2v) is 4.37. The molecule has 1 rings (SSSR count). The summed E-state index contributed by atoms with van der Waals surface area (Å²) in [5.74, 6) is 0. The van der Waals surface area contributed by atoms with Gasteiger partial charge in [0.15, 0.2) is 0 Å². The van der Waals surface area contributed by atoms with Crippen LogP contribution in [-0.4, -0.2) is 11.5 Å². The summed E-state index contributed by atoms with van der Waals surface area (Å²) in [6.07, 6.45) is 3.07. The van der Waals surface area contributed by atoms with Gasteiger partial charge in [-0.2, -0.15) is 0 Å². The third-order valence-corrected chi connectivity index (χ3v) is 2.82. The lowest BCUT2D eigenvalue weighted by molar-refractivity contribution is 0.754. The van der Waals surface area contributed by atoms with Gasteiger partial charge in [-0.05, 0) is 18.1 Å². The molecule has 1 nitrogen and oxygen atoms in total. The molecular formula is C12H16ClNS. The van der Waals surface area contributed by atoms with Crippen LogP contribution >= 0.6 is 23.8 Å². The fourth-order valence-corrected chi connectivity index (χ4v) is 1.74. The number of benzene rings is 1. The first kappa shape index (κ1) is 12.5. The molecule has 0 fully saturated rings. The monoisotopic (exact) mass is 241 g/mol. The van der Waals surface area contributed by atoms with Crippen molar-refractivity contribution in [3.05, 3.63) is 34.9 Å². The van der Waals surface area contributed by atoms with E-state index in [0.717, 1.165) is 35.0 Å². The van der Waals surface area contributed by atoms with Gasteiger partial charge < -0.3 is 5.32 Å². The van der Waals surface area contributed by atoms with Gasteiger partial charge in [0.25, 0.3) is 0 Å². The number of halogens is 1. The Morgan fingerprint density at radius 2 is 2.13 bits per heavy atom. The minimum Gasteiger partial charge on any atom is -0.379 e. The molecule has 0 spiro atoms. The van der Waals surface area contributed by atoms with Crippen molar-refractivity contribution in [2.45, 2.75) is 26.2 Å². The Bertz CT molecular complexity index is 325. The van der Waals surface area contributed by atoms with Crippen molar-refractivity contribution in [1.82, 2.24) is 5.32 Å². The van der Waals surface area contributed by atoms with E-state index in [9.17, 15) is 0 Å². The lowest BCUT2D eigenvalue weighted by atomic mass is 10.1. The molecule has 0 aromatic heterocycles. The average Bonchev–Trinajstić information content (AvgIpc) is 2.22. The lowest BCUT2D eigenvalue weighted by Gasteiger charge is -2.08. The van der Waals surface area contributed by atoms with Crippen LogP contribution in [0, 0.1) is 0 Å². The maximum Gasteiger partial charge on any atom is 0.0798 e. The molecule has 0 radical (unpaired) electrons. The third kappa shape index (κ3) is 4.63. The largest absolute Gasteiger partial charge is 0.379 e. The highest BCUT2D eigenvalue weighted by molar-refractivity contribution is 7.80. The summed E-state index contributed by atoms with van der Waals surface area (Å²) in [4.78, 5) is 0.872. The van der Waals surface area contributed by atoms with Gasteiger partial charge in [0.2, 0.25) is 0 Å². The van der Waals surface area contributed by atoms with E-state index in [2.05, 4.69) is 12.2 Å². The van der Waals surface area contributed by atoms with Crippen molar-refractivity contribution in [2.24, 2.45) is 0 Å². The van der Waals surface area contributed by atoms with E-state index in [1.54, 1.807) is 0 Å². The minimum atomic E-state index is 0.735. The maximum absolute atomic E-state index is 6.04. The van der Waals surface area contributed by atoms with Crippen LogP contribution in [0.5, 0.6) is 0 Å². The molecule has 0 amide bonds. The summed E-state index contributed by atoms with van der Waals surface area (Å²) in [5.41, 5.74) is 1.09. The van der Waals surface area contributed by atoms with Gasteiger partial charge in [0.1, 0.15) is 0 Å². The predicted molar refractivity (Wildman–Crippen MR) is 70.7 cm³/mol. The molecule has 1 aromatic rings. The number of rotatable bonds is 5. The van der Waals surface area contributed by atoms with Gasteiger partial charge in [-0.15, -0.1) is 0 Å². The number of nitrogens with one attached hydrogen (secondary N) is 1. The zero-order valence-corrected chi connectivity index (χ0v) is 10.5. The van der Waals surface area contributed by atoms with Gasteiger partial charge >= 0.3 is 0 Å². The van der Waals surface area contributed by atoms with Crippen molar-refractivity contribution < 1.29 is 0 Å². The molecule has 0 aliphatic heterocycles. The molecule has 0 saturated carbocycles. The second kappa shape index (κ2) is 6.81. The summed E-state index contributed by atoms with van der Waals surface area (Å²) in [7, 11) is 0. The van der Waals surface area contributed by atoms with Crippen LogP contribution in [-0.2, 0) is 6.42 Å². The Morgan fingerprint density at radius 3 is 2.80 bits per heavy atom. The number of hydrogen-bond acceptors (Lipinski definition) is 1. The van der Waals surface area contributed by atoms with Crippen LogP contribution in [0.1, 0.15) is 25.3 Å². The second-order valence-electron chi connectivity index (χ2n) is 3.47. The zero-order valence-electron chi connectivity index (χ0n) is 8.92. The Labute approximate surface area is 102 Å². The van der Waals surface area contributed by atoms with Gasteiger partial charge in [-0.3, -0.25) is 0 Å². The quantitative estimate of drug-likeness (QED) is 0.625. The van der Waals surface area contributed by atoms with Crippen molar-refractivity contribution in [2.75, 3.05) is 6.54 Å². The number of thiocarbonyl (C=S) groups is 1. The van der Waals surface area contributed by atoms with Crippen LogP contribution in [0.25, 0.3) is 0 Å². The van der Waals surface area contributed by atoms with E-state index in [4.69, 9.17) is 23.8 Å². The SMILES string of the molecule is CCCCNC(=S)Cc1ccccc1Cl. The summed E-state index contributed by atoms with van der Waals surface area (Å²) in [5, 5.41) is 4.02. The number of hydrogen-bond donors (Lipinski definition) is 1. The van der Waals surface area contributed by atoms with E-state index in [0.29, 0.717) is 0 Å². The topological polar surface area (TPSA) is 12.0 Å². The van der Waals surface area contributed by atoms with Gasteiger partial charge in [0, 0.05) is 18.0 Å². The highest BCUT2D eigenvalue weighted by Crippen LogP contribution is 2.15. The molecule has 0 heterocycles. The van der Waals surface area contributed by atoms with E-state index in [1.165, 1.54) is 6.42 Å². The van der Waals surface area contributed by atoms with Gasteiger partial charge in [-0.25, -0.2) is 0 Å². The smallest absolute Gasteiger partial charge is 0.0798 e. The van der Waals surface area contributed by atoms with Crippen LogP contribution in [0.3, 0.4) is 0 Å². The van der Waals surface area contributed by atoms with Crippen LogP contribution in [0.15, 0.2) is 24.3 Å². The molecule has 82 valence electrons. The molecule has 1 N–H and O–H groups in total. The standard InChI is InChI=1S/C12H16ClNS/c1-2-3-8-14-12(15)9-10-6-4-5-7-11(10)13/h4-7H,2-3,8-9H2,1H3,(H,14,15). The van der Waals surface area contributed by atoms with Crippen molar-refractivity contribution in [3.8, 4) is 0 Å².